The molecule has 3 heteroatoms. The first-order chi connectivity index (χ1) is 4.60. The second-order valence-electron chi connectivity index (χ2n) is 3.47. The van der Waals surface area contributed by atoms with Gasteiger partial charge in [-0.15, -0.1) is 0 Å². The molecule has 56 valence electrons. The van der Waals surface area contributed by atoms with Gasteiger partial charge < -0.3 is 4.79 Å². The summed E-state index contributed by atoms with van der Waals surface area (Å²) >= 11 is 0. The largest absolute Gasteiger partial charge is 0.303 e. The molecule has 0 aliphatic heterocycles. The van der Waals surface area contributed by atoms with Gasteiger partial charge in [0, 0.05) is 17.8 Å². The van der Waals surface area contributed by atoms with E-state index in [-0.39, 0.29) is 12.3 Å². The van der Waals surface area contributed by atoms with E-state index < -0.39 is 11.3 Å². The molecular weight excluding hydrogens is 138 g/mol. The number of carbonyl (C=O) groups excluding carboxylic acids is 1. The van der Waals surface area contributed by atoms with Crippen LogP contribution in [-0.2, 0) is 4.79 Å². The Bertz CT molecular complexity index is 182. The van der Waals surface area contributed by atoms with Crippen LogP contribution in [0.4, 0.5) is 8.78 Å². The van der Waals surface area contributed by atoms with Crippen LogP contribution in [0.5, 0.6) is 0 Å². The van der Waals surface area contributed by atoms with Gasteiger partial charge >= 0.3 is 0 Å². The van der Waals surface area contributed by atoms with E-state index >= 15 is 0 Å². The van der Waals surface area contributed by atoms with Crippen LogP contribution in [0.3, 0.4) is 0 Å². The van der Waals surface area contributed by atoms with Crippen molar-refractivity contribution in [1.29, 1.82) is 0 Å². The molecule has 0 unspecified atom stereocenters. The number of halogens is 2. The van der Waals surface area contributed by atoms with E-state index in [1.54, 1.807) is 0 Å². The highest BCUT2D eigenvalue weighted by atomic mass is 19.3. The minimum Gasteiger partial charge on any atom is -0.303 e. The normalized spacial score (nSPS) is 48.4. The first-order valence-electron chi connectivity index (χ1n) is 3.43. The van der Waals surface area contributed by atoms with E-state index in [2.05, 4.69) is 0 Å². The molecule has 0 aromatic carbocycles. The van der Waals surface area contributed by atoms with Crippen LogP contribution < -0.4 is 0 Å². The lowest BCUT2D eigenvalue weighted by atomic mass is 9.72. The second-order valence-corrected chi connectivity index (χ2v) is 3.47. The van der Waals surface area contributed by atoms with Gasteiger partial charge in [-0.1, -0.05) is 0 Å². The average Bonchev–Trinajstić information content (AvgIpc) is 2.30. The number of rotatable bonds is 1. The molecule has 2 aliphatic carbocycles. The minimum absolute atomic E-state index is 0.0182. The number of alkyl halides is 2. The van der Waals surface area contributed by atoms with Crippen LogP contribution in [0.2, 0.25) is 0 Å². The summed E-state index contributed by atoms with van der Waals surface area (Å²) in [7, 11) is 0. The molecule has 0 aromatic rings. The van der Waals surface area contributed by atoms with Gasteiger partial charge in [0.1, 0.15) is 6.29 Å². The fourth-order valence-electron chi connectivity index (χ4n) is 1.86. The van der Waals surface area contributed by atoms with Crippen molar-refractivity contribution in [3.63, 3.8) is 0 Å². The van der Waals surface area contributed by atoms with E-state index in [0.717, 1.165) is 6.29 Å². The third kappa shape index (κ3) is 0.534. The molecule has 2 fully saturated rings. The fourth-order valence-corrected chi connectivity index (χ4v) is 1.86. The maximum atomic E-state index is 12.4. The molecule has 0 N–H and O–H groups in total. The van der Waals surface area contributed by atoms with Crippen LogP contribution in [-0.4, -0.2) is 12.2 Å². The van der Waals surface area contributed by atoms with Crippen LogP contribution >= 0.6 is 0 Å². The maximum Gasteiger partial charge on any atom is 0.254 e. The highest BCUT2D eigenvalue weighted by molar-refractivity contribution is 5.57. The summed E-state index contributed by atoms with van der Waals surface area (Å²) in [5.74, 6) is -2.51. The van der Waals surface area contributed by atoms with E-state index in [1.165, 1.54) is 0 Å². The molecule has 2 rings (SSSR count). The van der Waals surface area contributed by atoms with Crippen molar-refractivity contribution < 1.29 is 13.6 Å². The molecule has 0 saturated heterocycles. The van der Waals surface area contributed by atoms with Gasteiger partial charge in [0.15, 0.2) is 0 Å². The summed E-state index contributed by atoms with van der Waals surface area (Å²) < 4.78 is 24.9. The van der Waals surface area contributed by atoms with Gasteiger partial charge in [0.05, 0.1) is 0 Å². The molecular formula is C7H8F2O. The van der Waals surface area contributed by atoms with Gasteiger partial charge in [-0.2, -0.15) is 0 Å². The summed E-state index contributed by atoms with van der Waals surface area (Å²) in [6, 6.07) is 0. The average molecular weight is 146 g/mol. The lowest BCUT2D eigenvalue weighted by molar-refractivity contribution is -0.117. The Hall–Kier alpha value is -0.470. The van der Waals surface area contributed by atoms with E-state index in [9.17, 15) is 13.6 Å². The third-order valence-corrected chi connectivity index (χ3v) is 2.71. The summed E-state index contributed by atoms with van der Waals surface area (Å²) in [5, 5.41) is 0. The molecule has 0 heterocycles. The smallest absolute Gasteiger partial charge is 0.254 e. The maximum absolute atomic E-state index is 12.4. The standard InChI is InChI=1S/C7H8F2O/c8-7(9)4-6(7)1-5(2-6)3-10/h3,5H,1-2,4H2. The first-order valence-corrected chi connectivity index (χ1v) is 3.43. The van der Waals surface area contributed by atoms with Crippen molar-refractivity contribution >= 4 is 6.29 Å². The summed E-state index contributed by atoms with van der Waals surface area (Å²) in [5.41, 5.74) is -0.724. The molecule has 0 amide bonds. The van der Waals surface area contributed by atoms with E-state index in [1.807, 2.05) is 0 Å². The highest BCUT2D eigenvalue weighted by Gasteiger charge is 2.75. The van der Waals surface area contributed by atoms with Crippen molar-refractivity contribution in [1.82, 2.24) is 0 Å². The van der Waals surface area contributed by atoms with Crippen molar-refractivity contribution in [2.75, 3.05) is 0 Å². The van der Waals surface area contributed by atoms with Crippen molar-refractivity contribution in [2.45, 2.75) is 25.2 Å². The molecule has 1 nitrogen and oxygen atoms in total. The SMILES string of the molecule is O=CC1CC2(C1)CC2(F)F. The Morgan fingerprint density at radius 1 is 1.40 bits per heavy atom. The fraction of sp³-hybridized carbons (Fsp3) is 0.857. The molecule has 1 spiro atoms. The molecule has 0 atom stereocenters. The molecule has 10 heavy (non-hydrogen) atoms. The van der Waals surface area contributed by atoms with E-state index in [4.69, 9.17) is 0 Å². The summed E-state index contributed by atoms with van der Waals surface area (Å²) in [4.78, 5) is 10.1. The van der Waals surface area contributed by atoms with Crippen molar-refractivity contribution in [3.8, 4) is 0 Å². The number of aldehydes is 1. The van der Waals surface area contributed by atoms with Crippen LogP contribution in [0, 0.1) is 11.3 Å². The van der Waals surface area contributed by atoms with Gasteiger partial charge in [-0.3, -0.25) is 0 Å². The zero-order chi connectivity index (χ0) is 7.41. The van der Waals surface area contributed by atoms with Gasteiger partial charge in [0.2, 0.25) is 0 Å². The third-order valence-electron chi connectivity index (χ3n) is 2.71. The zero-order valence-corrected chi connectivity index (χ0v) is 5.44. The van der Waals surface area contributed by atoms with E-state index in [0.29, 0.717) is 12.8 Å². The molecule has 2 aliphatic rings. The predicted octanol–water partition coefficient (Wildman–Crippen LogP) is 1.62. The highest BCUT2D eigenvalue weighted by Crippen LogP contribution is 2.72. The molecule has 2 saturated carbocycles. The number of hydrogen-bond acceptors (Lipinski definition) is 1. The molecule has 0 bridgehead atoms. The summed E-state index contributed by atoms with van der Waals surface area (Å²) in [6.45, 7) is 0. The zero-order valence-electron chi connectivity index (χ0n) is 5.44. The Morgan fingerprint density at radius 3 is 2.20 bits per heavy atom. The van der Waals surface area contributed by atoms with Gasteiger partial charge in [-0.25, -0.2) is 8.78 Å². The number of hydrogen-bond donors (Lipinski definition) is 0. The monoisotopic (exact) mass is 146 g/mol. The van der Waals surface area contributed by atoms with Crippen molar-refractivity contribution in [2.24, 2.45) is 11.3 Å². The first kappa shape index (κ1) is 6.25. The minimum atomic E-state index is -2.44. The van der Waals surface area contributed by atoms with Crippen LogP contribution in [0.15, 0.2) is 0 Å². The molecule has 0 radical (unpaired) electrons. The predicted molar refractivity (Wildman–Crippen MR) is 30.8 cm³/mol. The Labute approximate surface area is 57.4 Å². The van der Waals surface area contributed by atoms with Crippen molar-refractivity contribution in [3.05, 3.63) is 0 Å². The van der Waals surface area contributed by atoms with Gasteiger partial charge in [0.25, 0.3) is 5.92 Å². The van der Waals surface area contributed by atoms with Crippen LogP contribution in [0.25, 0.3) is 0 Å². The summed E-state index contributed by atoms with van der Waals surface area (Å²) in [6.07, 6.45) is 1.65. The second kappa shape index (κ2) is 1.41. The quantitative estimate of drug-likeness (QED) is 0.514. The van der Waals surface area contributed by atoms with Crippen LogP contribution in [0.1, 0.15) is 19.3 Å². The number of carbonyl (C=O) groups is 1. The lowest BCUT2D eigenvalue weighted by Crippen LogP contribution is -2.30. The topological polar surface area (TPSA) is 17.1 Å². The Kier molecular flexibility index (Phi) is 0.881. The Morgan fingerprint density at radius 2 is 1.90 bits per heavy atom. The Balaban J connectivity index is 1.98. The van der Waals surface area contributed by atoms with Gasteiger partial charge in [-0.05, 0) is 12.8 Å². The lowest BCUT2D eigenvalue weighted by Gasteiger charge is -2.31. The molecule has 0 aromatic heterocycles.